The Kier molecular flexibility index (Phi) is 3.28. The van der Waals surface area contributed by atoms with Crippen LogP contribution in [0.2, 0.25) is 0 Å². The van der Waals surface area contributed by atoms with Crippen LogP contribution in [0.25, 0.3) is 11.1 Å². The molecule has 1 saturated heterocycles. The number of anilines is 1. The number of nitrogens with one attached hydrogen (secondary N) is 1. The number of nitro benzene ring substituents is 1. The molecule has 8 nitrogen and oxygen atoms in total. The summed E-state index contributed by atoms with van der Waals surface area (Å²) in [6.45, 7) is 0. The highest BCUT2D eigenvalue weighted by atomic mass is 32.2. The zero-order valence-corrected chi connectivity index (χ0v) is 11.8. The minimum atomic E-state index is -3.04. The quantitative estimate of drug-likeness (QED) is 0.677. The van der Waals surface area contributed by atoms with E-state index in [1.54, 1.807) is 6.07 Å². The predicted octanol–water partition coefficient (Wildman–Crippen LogP) is 1.73. The average Bonchev–Trinajstić information content (AvgIpc) is 2.78. The van der Waals surface area contributed by atoms with Crippen LogP contribution in [-0.2, 0) is 9.84 Å². The smallest absolute Gasteiger partial charge is 0.298 e. The minimum absolute atomic E-state index is 0.0216. The molecule has 1 aliphatic heterocycles. The fraction of sp³-hybridized carbons (Fsp3) is 0.417. The summed E-state index contributed by atoms with van der Waals surface area (Å²) in [5.74, 6) is 0.220. The van der Waals surface area contributed by atoms with Crippen LogP contribution in [0.5, 0.6) is 0 Å². The number of benzene rings is 1. The Morgan fingerprint density at radius 3 is 2.95 bits per heavy atom. The van der Waals surface area contributed by atoms with Crippen molar-refractivity contribution in [1.82, 2.24) is 4.98 Å². The van der Waals surface area contributed by atoms with Crippen molar-refractivity contribution in [3.8, 4) is 0 Å². The molecule has 2 heterocycles. The standard InChI is InChI=1S/C12H13N3O5S/c16-15(17)9-4-1-5-10-11(9)14-12(20-10)13-8-3-2-6-21(18,19)7-8/h1,4-5,8H,2-3,6-7H2,(H,13,14). The van der Waals surface area contributed by atoms with Gasteiger partial charge in [-0.3, -0.25) is 10.1 Å². The van der Waals surface area contributed by atoms with Crippen molar-refractivity contribution in [2.75, 3.05) is 16.8 Å². The Labute approximate surface area is 120 Å². The van der Waals surface area contributed by atoms with Gasteiger partial charge < -0.3 is 9.73 Å². The Balaban J connectivity index is 1.88. The van der Waals surface area contributed by atoms with Gasteiger partial charge in [0.1, 0.15) is 0 Å². The van der Waals surface area contributed by atoms with E-state index in [-0.39, 0.29) is 34.8 Å². The summed E-state index contributed by atoms with van der Waals surface area (Å²) in [5, 5.41) is 13.8. The van der Waals surface area contributed by atoms with Gasteiger partial charge in [-0.15, -0.1) is 0 Å². The molecule has 2 aromatic rings. The van der Waals surface area contributed by atoms with Gasteiger partial charge in [0.05, 0.1) is 16.4 Å². The minimum Gasteiger partial charge on any atom is -0.423 e. The summed E-state index contributed by atoms with van der Waals surface area (Å²) in [7, 11) is -3.04. The molecule has 1 unspecified atom stereocenters. The molecule has 1 aliphatic rings. The molecule has 0 amide bonds. The number of rotatable bonds is 3. The normalized spacial score (nSPS) is 21.2. The number of nitrogens with zero attached hydrogens (tertiary/aromatic N) is 2. The van der Waals surface area contributed by atoms with Crippen LogP contribution < -0.4 is 5.32 Å². The first-order valence-electron chi connectivity index (χ1n) is 6.45. The lowest BCUT2D eigenvalue weighted by Gasteiger charge is -2.21. The van der Waals surface area contributed by atoms with Crippen molar-refractivity contribution in [1.29, 1.82) is 0 Å². The number of hydrogen-bond acceptors (Lipinski definition) is 7. The van der Waals surface area contributed by atoms with Crippen LogP contribution in [0.3, 0.4) is 0 Å². The van der Waals surface area contributed by atoms with E-state index in [0.29, 0.717) is 18.4 Å². The van der Waals surface area contributed by atoms with Crippen LogP contribution in [0.1, 0.15) is 12.8 Å². The second-order valence-corrected chi connectivity index (χ2v) is 7.23. The van der Waals surface area contributed by atoms with E-state index in [0.717, 1.165) is 0 Å². The van der Waals surface area contributed by atoms with Gasteiger partial charge in [-0.1, -0.05) is 6.07 Å². The Morgan fingerprint density at radius 2 is 2.24 bits per heavy atom. The molecule has 1 fully saturated rings. The summed E-state index contributed by atoms with van der Waals surface area (Å²) in [6.07, 6.45) is 1.28. The first-order chi connectivity index (χ1) is 9.94. The molecule has 0 bridgehead atoms. The fourth-order valence-corrected chi connectivity index (χ4v) is 4.09. The first kappa shape index (κ1) is 13.8. The summed E-state index contributed by atoms with van der Waals surface area (Å²) < 4.78 is 28.6. The molecule has 1 N–H and O–H groups in total. The van der Waals surface area contributed by atoms with E-state index in [4.69, 9.17) is 4.42 Å². The summed E-state index contributed by atoms with van der Waals surface area (Å²) >= 11 is 0. The monoisotopic (exact) mass is 311 g/mol. The lowest BCUT2D eigenvalue weighted by atomic mass is 10.2. The van der Waals surface area contributed by atoms with E-state index < -0.39 is 14.8 Å². The summed E-state index contributed by atoms with van der Waals surface area (Å²) in [5.41, 5.74) is 0.314. The van der Waals surface area contributed by atoms with Gasteiger partial charge >= 0.3 is 0 Å². The zero-order chi connectivity index (χ0) is 15.0. The molecular weight excluding hydrogens is 298 g/mol. The Morgan fingerprint density at radius 1 is 1.43 bits per heavy atom. The van der Waals surface area contributed by atoms with E-state index >= 15 is 0 Å². The number of non-ortho nitro benzene ring substituents is 1. The number of hydrogen-bond donors (Lipinski definition) is 1. The van der Waals surface area contributed by atoms with Crippen molar-refractivity contribution in [2.45, 2.75) is 18.9 Å². The van der Waals surface area contributed by atoms with Crippen molar-refractivity contribution >= 4 is 32.6 Å². The number of oxazole rings is 1. The predicted molar refractivity (Wildman–Crippen MR) is 76.0 cm³/mol. The van der Waals surface area contributed by atoms with Gasteiger partial charge in [0.15, 0.2) is 20.9 Å². The Bertz CT molecular complexity index is 798. The van der Waals surface area contributed by atoms with Crippen LogP contribution in [0.4, 0.5) is 11.7 Å². The maximum absolute atomic E-state index is 11.6. The van der Waals surface area contributed by atoms with E-state index in [9.17, 15) is 18.5 Å². The van der Waals surface area contributed by atoms with Gasteiger partial charge in [-0.25, -0.2) is 8.42 Å². The third-order valence-electron chi connectivity index (χ3n) is 3.39. The maximum atomic E-state index is 11.6. The second-order valence-electron chi connectivity index (χ2n) is 5.00. The highest BCUT2D eigenvalue weighted by Gasteiger charge is 2.26. The number of nitro groups is 1. The first-order valence-corrected chi connectivity index (χ1v) is 8.28. The Hall–Kier alpha value is -2.16. The molecule has 0 saturated carbocycles. The maximum Gasteiger partial charge on any atom is 0.298 e. The molecule has 1 aromatic heterocycles. The average molecular weight is 311 g/mol. The number of para-hydroxylation sites is 1. The molecule has 1 atom stereocenters. The van der Waals surface area contributed by atoms with Crippen LogP contribution in [0.15, 0.2) is 22.6 Å². The molecule has 0 radical (unpaired) electrons. The van der Waals surface area contributed by atoms with Gasteiger partial charge in [-0.05, 0) is 18.9 Å². The van der Waals surface area contributed by atoms with Crippen LogP contribution in [0, 0.1) is 10.1 Å². The molecule has 0 spiro atoms. The number of aromatic nitrogens is 1. The highest BCUT2D eigenvalue weighted by molar-refractivity contribution is 7.91. The lowest BCUT2D eigenvalue weighted by molar-refractivity contribution is -0.383. The number of sulfone groups is 1. The number of fused-ring (bicyclic) bond motifs is 1. The molecule has 112 valence electrons. The van der Waals surface area contributed by atoms with E-state index in [2.05, 4.69) is 10.3 Å². The van der Waals surface area contributed by atoms with Crippen LogP contribution in [-0.4, -0.2) is 35.9 Å². The van der Waals surface area contributed by atoms with Gasteiger partial charge in [0.2, 0.25) is 0 Å². The lowest BCUT2D eigenvalue weighted by Crippen LogP contribution is -2.34. The zero-order valence-electron chi connectivity index (χ0n) is 11.0. The second kappa shape index (κ2) is 4.99. The largest absolute Gasteiger partial charge is 0.423 e. The van der Waals surface area contributed by atoms with Gasteiger partial charge in [0, 0.05) is 12.1 Å². The van der Waals surface area contributed by atoms with E-state index in [1.165, 1.54) is 12.1 Å². The molecule has 21 heavy (non-hydrogen) atoms. The molecule has 3 rings (SSSR count). The topological polar surface area (TPSA) is 115 Å². The summed E-state index contributed by atoms with van der Waals surface area (Å²) in [6, 6.07) is 4.27. The van der Waals surface area contributed by atoms with Crippen molar-refractivity contribution in [3.63, 3.8) is 0 Å². The van der Waals surface area contributed by atoms with Crippen molar-refractivity contribution < 1.29 is 17.8 Å². The van der Waals surface area contributed by atoms with Crippen molar-refractivity contribution in [2.24, 2.45) is 0 Å². The molecular formula is C12H13N3O5S. The SMILES string of the molecule is O=[N+]([O-])c1cccc2oc(NC3CCCS(=O)(=O)C3)nc12. The third kappa shape index (κ3) is 2.82. The fourth-order valence-electron chi connectivity index (χ4n) is 2.45. The molecule has 9 heteroatoms. The van der Waals surface area contributed by atoms with Gasteiger partial charge in [-0.2, -0.15) is 4.98 Å². The van der Waals surface area contributed by atoms with Crippen LogP contribution >= 0.6 is 0 Å². The van der Waals surface area contributed by atoms with Crippen molar-refractivity contribution in [3.05, 3.63) is 28.3 Å². The molecule has 1 aromatic carbocycles. The molecule has 0 aliphatic carbocycles. The van der Waals surface area contributed by atoms with Gasteiger partial charge in [0.25, 0.3) is 11.7 Å². The summed E-state index contributed by atoms with van der Waals surface area (Å²) in [4.78, 5) is 14.5. The third-order valence-corrected chi connectivity index (χ3v) is 5.21. The van der Waals surface area contributed by atoms with E-state index in [1.807, 2.05) is 0 Å². The highest BCUT2D eigenvalue weighted by Crippen LogP contribution is 2.28.